The van der Waals surface area contributed by atoms with Gasteiger partial charge >= 0.3 is 0 Å². The van der Waals surface area contributed by atoms with Gasteiger partial charge in [-0.05, 0) is 30.2 Å². The highest BCUT2D eigenvalue weighted by Crippen LogP contribution is 2.20. The molecule has 2 aromatic rings. The van der Waals surface area contributed by atoms with Gasteiger partial charge in [-0.25, -0.2) is 5.43 Å². The molecule has 1 unspecified atom stereocenters. The van der Waals surface area contributed by atoms with Gasteiger partial charge in [0.15, 0.2) is 0 Å². The van der Waals surface area contributed by atoms with Crippen LogP contribution in [-0.2, 0) is 4.79 Å². The first-order valence-electron chi connectivity index (χ1n) is 8.52. The molecule has 8 nitrogen and oxygen atoms in total. The summed E-state index contributed by atoms with van der Waals surface area (Å²) in [5.74, 6) is -1.23. The van der Waals surface area contributed by atoms with Gasteiger partial charge < -0.3 is 5.32 Å². The highest BCUT2D eigenvalue weighted by Gasteiger charge is 2.24. The number of nitro groups is 1. The number of nitrogens with zero attached hydrogens (tertiary/aromatic N) is 2. The summed E-state index contributed by atoms with van der Waals surface area (Å²) in [7, 11) is 0. The summed E-state index contributed by atoms with van der Waals surface area (Å²) in [6, 6.07) is 9.35. The highest BCUT2D eigenvalue weighted by molar-refractivity contribution is 6.33. The number of carbonyl (C=O) groups is 2. The monoisotopic (exact) mass is 436 g/mol. The number of hydrogen-bond donors (Lipinski definition) is 2. The first-order valence-corrected chi connectivity index (χ1v) is 9.28. The van der Waals surface area contributed by atoms with Crippen LogP contribution in [0.5, 0.6) is 0 Å². The molecule has 152 valence electrons. The van der Waals surface area contributed by atoms with E-state index in [2.05, 4.69) is 15.8 Å². The van der Waals surface area contributed by atoms with E-state index in [1.807, 2.05) is 0 Å². The van der Waals surface area contributed by atoms with Crippen molar-refractivity contribution in [1.29, 1.82) is 0 Å². The molecule has 0 bridgehead atoms. The van der Waals surface area contributed by atoms with Crippen LogP contribution in [0, 0.1) is 16.0 Å². The minimum absolute atomic E-state index is 0.156. The summed E-state index contributed by atoms with van der Waals surface area (Å²) in [5, 5.41) is 17.9. The topological polar surface area (TPSA) is 114 Å². The summed E-state index contributed by atoms with van der Waals surface area (Å²) in [6.45, 7) is 3.53. The maximum absolute atomic E-state index is 12.5. The van der Waals surface area contributed by atoms with Gasteiger partial charge in [-0.1, -0.05) is 43.1 Å². The summed E-state index contributed by atoms with van der Waals surface area (Å²) >= 11 is 11.9. The Bertz CT molecular complexity index is 963. The third-order valence-electron chi connectivity index (χ3n) is 3.89. The second-order valence-electron chi connectivity index (χ2n) is 6.40. The molecular formula is C19H18Cl2N4O4. The van der Waals surface area contributed by atoms with Crippen molar-refractivity contribution in [2.24, 2.45) is 11.0 Å². The number of hydrogen-bond acceptors (Lipinski definition) is 5. The van der Waals surface area contributed by atoms with Crippen LogP contribution >= 0.6 is 23.2 Å². The molecule has 0 heterocycles. The molecular weight excluding hydrogens is 419 g/mol. The van der Waals surface area contributed by atoms with E-state index >= 15 is 0 Å². The highest BCUT2D eigenvalue weighted by atomic mass is 35.5. The Kier molecular flexibility index (Phi) is 7.69. The van der Waals surface area contributed by atoms with E-state index in [0.717, 1.165) is 0 Å². The summed E-state index contributed by atoms with van der Waals surface area (Å²) in [4.78, 5) is 35.1. The van der Waals surface area contributed by atoms with Crippen LogP contribution in [0.3, 0.4) is 0 Å². The zero-order valence-electron chi connectivity index (χ0n) is 15.6. The molecule has 0 aliphatic rings. The van der Waals surface area contributed by atoms with Gasteiger partial charge in [0, 0.05) is 33.3 Å². The van der Waals surface area contributed by atoms with Gasteiger partial charge in [-0.15, -0.1) is 0 Å². The molecule has 0 fully saturated rings. The van der Waals surface area contributed by atoms with Crippen molar-refractivity contribution in [2.45, 2.75) is 19.9 Å². The van der Waals surface area contributed by atoms with E-state index in [4.69, 9.17) is 23.2 Å². The predicted octanol–water partition coefficient (Wildman–Crippen LogP) is 3.81. The lowest BCUT2D eigenvalue weighted by Gasteiger charge is -2.20. The normalized spacial score (nSPS) is 12.0. The number of rotatable bonds is 7. The zero-order chi connectivity index (χ0) is 21.6. The molecule has 1 atom stereocenters. The number of carbonyl (C=O) groups excluding carboxylic acids is 2. The molecule has 0 radical (unpaired) electrons. The smallest absolute Gasteiger partial charge is 0.270 e. The molecule has 0 saturated heterocycles. The van der Waals surface area contributed by atoms with Crippen molar-refractivity contribution in [3.05, 3.63) is 73.8 Å². The molecule has 0 aliphatic carbocycles. The van der Waals surface area contributed by atoms with Crippen LogP contribution in [-0.4, -0.2) is 29.0 Å². The lowest BCUT2D eigenvalue weighted by Crippen LogP contribution is -2.48. The van der Waals surface area contributed by atoms with Gasteiger partial charge in [0.2, 0.25) is 0 Å². The number of hydrazone groups is 1. The number of halogens is 2. The number of non-ortho nitro benzene ring substituents is 1. The Labute approximate surface area is 177 Å². The van der Waals surface area contributed by atoms with Crippen molar-refractivity contribution >= 4 is 46.9 Å². The third-order valence-corrected chi connectivity index (χ3v) is 4.47. The maximum atomic E-state index is 12.5. The molecule has 2 rings (SSSR count). The lowest BCUT2D eigenvalue weighted by molar-refractivity contribution is -0.384. The predicted molar refractivity (Wildman–Crippen MR) is 111 cm³/mol. The van der Waals surface area contributed by atoms with Gasteiger partial charge in [0.05, 0.1) is 11.1 Å². The minimum atomic E-state index is -0.862. The molecule has 29 heavy (non-hydrogen) atoms. The van der Waals surface area contributed by atoms with E-state index in [1.54, 1.807) is 32.0 Å². The first kappa shape index (κ1) is 22.3. The quantitative estimate of drug-likeness (QED) is 0.390. The number of benzene rings is 2. The fraction of sp³-hybridized carbons (Fsp3) is 0.211. The molecule has 0 aliphatic heterocycles. The Morgan fingerprint density at radius 3 is 2.52 bits per heavy atom. The van der Waals surface area contributed by atoms with Crippen LogP contribution in [0.2, 0.25) is 10.0 Å². The largest absolute Gasteiger partial charge is 0.340 e. The summed E-state index contributed by atoms with van der Waals surface area (Å²) in [5.41, 5.74) is 2.75. The molecule has 0 saturated carbocycles. The third kappa shape index (κ3) is 6.27. The van der Waals surface area contributed by atoms with Crippen molar-refractivity contribution in [1.82, 2.24) is 10.7 Å². The maximum Gasteiger partial charge on any atom is 0.270 e. The van der Waals surface area contributed by atoms with Crippen molar-refractivity contribution < 1.29 is 14.5 Å². The van der Waals surface area contributed by atoms with Crippen molar-refractivity contribution in [2.75, 3.05) is 0 Å². The fourth-order valence-electron chi connectivity index (χ4n) is 2.37. The van der Waals surface area contributed by atoms with Crippen LogP contribution < -0.4 is 10.7 Å². The Hall–Kier alpha value is -2.97. The summed E-state index contributed by atoms with van der Waals surface area (Å²) in [6.07, 6.45) is 1.20. The number of nitrogens with one attached hydrogen (secondary N) is 2. The second-order valence-corrected chi connectivity index (χ2v) is 7.25. The minimum Gasteiger partial charge on any atom is -0.340 e. The Morgan fingerprint density at radius 1 is 1.17 bits per heavy atom. The van der Waals surface area contributed by atoms with Crippen LogP contribution in [0.1, 0.15) is 29.8 Å². The molecule has 2 N–H and O–H groups in total. The van der Waals surface area contributed by atoms with Gasteiger partial charge in [0.1, 0.15) is 6.04 Å². The number of nitro benzene ring substituents is 1. The summed E-state index contributed by atoms with van der Waals surface area (Å²) < 4.78 is 0. The average Bonchev–Trinajstić information content (AvgIpc) is 2.66. The van der Waals surface area contributed by atoms with Gasteiger partial charge in [0.25, 0.3) is 17.5 Å². The Balaban J connectivity index is 2.08. The van der Waals surface area contributed by atoms with Gasteiger partial charge in [-0.2, -0.15) is 5.10 Å². The molecule has 2 aromatic carbocycles. The fourth-order valence-corrected chi connectivity index (χ4v) is 2.72. The Morgan fingerprint density at radius 2 is 1.90 bits per heavy atom. The van der Waals surface area contributed by atoms with Gasteiger partial charge in [-0.3, -0.25) is 19.7 Å². The first-order chi connectivity index (χ1) is 13.7. The lowest BCUT2D eigenvalue weighted by atomic mass is 10.0. The van der Waals surface area contributed by atoms with Crippen LogP contribution in [0.15, 0.2) is 47.6 Å². The van der Waals surface area contributed by atoms with E-state index in [1.165, 1.54) is 30.5 Å². The standard InChI is InChI=1S/C19H18Cl2N4O4/c1-11(2)17(23-18(26)12-4-3-5-14(20)8-12)19(27)24-22-10-13-9-15(25(28)29)6-7-16(13)21/h3-11,17H,1-2H3,(H,23,26)(H,24,27)/b22-10-. The van der Waals surface area contributed by atoms with E-state index in [0.29, 0.717) is 10.6 Å². The molecule has 2 amide bonds. The van der Waals surface area contributed by atoms with Crippen molar-refractivity contribution in [3.63, 3.8) is 0 Å². The zero-order valence-corrected chi connectivity index (χ0v) is 17.1. The van der Waals surface area contributed by atoms with Crippen LogP contribution in [0.4, 0.5) is 5.69 Å². The van der Waals surface area contributed by atoms with E-state index in [9.17, 15) is 19.7 Å². The molecule has 0 spiro atoms. The average molecular weight is 437 g/mol. The second kappa shape index (κ2) is 9.99. The van der Waals surface area contributed by atoms with E-state index in [-0.39, 0.29) is 22.2 Å². The number of amides is 2. The van der Waals surface area contributed by atoms with E-state index < -0.39 is 22.8 Å². The van der Waals surface area contributed by atoms with Crippen LogP contribution in [0.25, 0.3) is 0 Å². The SMILES string of the molecule is CC(C)C(NC(=O)c1cccc(Cl)c1)C(=O)N/N=C\c1cc([N+](=O)[O-])ccc1Cl. The van der Waals surface area contributed by atoms with Crippen molar-refractivity contribution in [3.8, 4) is 0 Å². The molecule has 10 heteroatoms. The molecule has 0 aromatic heterocycles.